The van der Waals surface area contributed by atoms with E-state index in [0.29, 0.717) is 11.5 Å². The fraction of sp³-hybridized carbons (Fsp3) is 0.267. The average molecular weight is 349 g/mol. The maximum Gasteiger partial charge on any atom is 0.241 e. The Hall–Kier alpha value is -2.06. The molecule has 0 aliphatic rings. The van der Waals surface area contributed by atoms with Crippen LogP contribution in [0, 0.1) is 13.8 Å². The largest absolute Gasteiger partial charge is 0.338 e. The zero-order chi connectivity index (χ0) is 16.4. The number of hydrogen-bond donors (Lipinski definition) is 0. The van der Waals surface area contributed by atoms with Gasteiger partial charge in [-0.05, 0) is 13.8 Å². The van der Waals surface area contributed by atoms with E-state index in [2.05, 4.69) is 15.1 Å². The molecule has 0 radical (unpaired) electrons. The number of aryl methyl sites for hydroxylation is 2. The zero-order valence-corrected chi connectivity index (χ0v) is 14.3. The van der Waals surface area contributed by atoms with Crippen LogP contribution in [-0.4, -0.2) is 23.5 Å². The van der Waals surface area contributed by atoms with Gasteiger partial charge in [-0.1, -0.05) is 35.0 Å². The van der Waals surface area contributed by atoms with Crippen molar-refractivity contribution < 1.29 is 12.9 Å². The molecule has 0 N–H and O–H groups in total. The second-order valence-corrected chi connectivity index (χ2v) is 8.20. The van der Waals surface area contributed by atoms with Gasteiger partial charge >= 0.3 is 0 Å². The predicted molar refractivity (Wildman–Crippen MR) is 87.6 cm³/mol. The highest BCUT2D eigenvalue weighted by Crippen LogP contribution is 2.25. The summed E-state index contributed by atoms with van der Waals surface area (Å²) in [7, 11) is -3.40. The van der Waals surface area contributed by atoms with Crippen molar-refractivity contribution in [1.29, 1.82) is 0 Å². The molecule has 0 unspecified atom stereocenters. The number of thiazole rings is 1. The van der Waals surface area contributed by atoms with Gasteiger partial charge in [-0.3, -0.25) is 0 Å². The summed E-state index contributed by atoms with van der Waals surface area (Å²) in [5.74, 6) is 0.115. The van der Waals surface area contributed by atoms with Gasteiger partial charge in [0.25, 0.3) is 0 Å². The predicted octanol–water partition coefficient (Wildman–Crippen LogP) is 2.92. The van der Waals surface area contributed by atoms with E-state index in [1.807, 2.05) is 31.2 Å². The number of aromatic nitrogens is 3. The van der Waals surface area contributed by atoms with E-state index in [4.69, 9.17) is 4.52 Å². The molecule has 0 bridgehead atoms. The van der Waals surface area contributed by atoms with Gasteiger partial charge in [0.2, 0.25) is 5.89 Å². The second-order valence-electron chi connectivity index (χ2n) is 5.28. The number of nitrogens with zero attached hydrogens (tertiary/aromatic N) is 3. The molecule has 120 valence electrons. The summed E-state index contributed by atoms with van der Waals surface area (Å²) in [4.78, 5) is 8.34. The lowest BCUT2D eigenvalue weighted by molar-refractivity contribution is 0.384. The summed E-state index contributed by atoms with van der Waals surface area (Å²) >= 11 is 1.43. The van der Waals surface area contributed by atoms with Crippen LogP contribution in [0.25, 0.3) is 10.6 Å². The summed E-state index contributed by atoms with van der Waals surface area (Å²) in [6.07, 6.45) is 0. The van der Waals surface area contributed by atoms with Gasteiger partial charge in [0, 0.05) is 10.9 Å². The van der Waals surface area contributed by atoms with Crippen molar-refractivity contribution in [2.75, 3.05) is 0 Å². The maximum absolute atomic E-state index is 12.2. The number of rotatable bonds is 5. The highest BCUT2D eigenvalue weighted by Gasteiger charge is 2.19. The first-order valence-corrected chi connectivity index (χ1v) is 9.62. The fourth-order valence-electron chi connectivity index (χ4n) is 2.07. The summed E-state index contributed by atoms with van der Waals surface area (Å²) < 4.78 is 29.3. The quantitative estimate of drug-likeness (QED) is 0.704. The van der Waals surface area contributed by atoms with Gasteiger partial charge in [-0.2, -0.15) is 4.98 Å². The highest BCUT2D eigenvalue weighted by atomic mass is 32.2. The van der Waals surface area contributed by atoms with Crippen LogP contribution in [0.15, 0.2) is 34.2 Å². The van der Waals surface area contributed by atoms with Gasteiger partial charge in [-0.25, -0.2) is 13.4 Å². The molecule has 1 aromatic carbocycles. The van der Waals surface area contributed by atoms with Crippen LogP contribution in [-0.2, 0) is 21.3 Å². The Bertz CT molecular complexity index is 912. The number of benzene rings is 1. The SMILES string of the molecule is Cc1ccc(-c2nc(CS(=O)(=O)Cc3nc(C)no3)cs2)cc1. The molecule has 23 heavy (non-hydrogen) atoms. The van der Waals surface area contributed by atoms with Crippen molar-refractivity contribution in [3.05, 3.63) is 52.6 Å². The molecule has 2 aromatic heterocycles. The Labute approximate surface area is 138 Å². The lowest BCUT2D eigenvalue weighted by atomic mass is 10.2. The van der Waals surface area contributed by atoms with Crippen molar-refractivity contribution in [2.45, 2.75) is 25.4 Å². The van der Waals surface area contributed by atoms with Crippen LogP contribution < -0.4 is 0 Å². The van der Waals surface area contributed by atoms with E-state index < -0.39 is 9.84 Å². The molecule has 3 aromatic rings. The molecule has 0 saturated carbocycles. The van der Waals surface area contributed by atoms with Crippen LogP contribution >= 0.6 is 11.3 Å². The van der Waals surface area contributed by atoms with E-state index in [1.54, 1.807) is 12.3 Å². The first-order valence-electron chi connectivity index (χ1n) is 6.92. The monoisotopic (exact) mass is 349 g/mol. The van der Waals surface area contributed by atoms with Gasteiger partial charge < -0.3 is 4.52 Å². The van der Waals surface area contributed by atoms with E-state index in [9.17, 15) is 8.42 Å². The van der Waals surface area contributed by atoms with Crippen LogP contribution in [0.3, 0.4) is 0 Å². The number of hydrogen-bond acceptors (Lipinski definition) is 7. The third-order valence-electron chi connectivity index (χ3n) is 3.13. The molecule has 2 heterocycles. The molecule has 3 rings (SSSR count). The van der Waals surface area contributed by atoms with Crippen molar-refractivity contribution in [1.82, 2.24) is 15.1 Å². The maximum atomic E-state index is 12.2. The van der Waals surface area contributed by atoms with E-state index in [0.717, 1.165) is 10.6 Å². The lowest BCUT2D eigenvalue weighted by Gasteiger charge is -1.99. The van der Waals surface area contributed by atoms with Gasteiger partial charge in [0.15, 0.2) is 15.7 Å². The molecule has 0 aliphatic carbocycles. The minimum absolute atomic E-state index is 0.108. The fourth-order valence-corrected chi connectivity index (χ4v) is 4.19. The zero-order valence-electron chi connectivity index (χ0n) is 12.7. The van der Waals surface area contributed by atoms with Gasteiger partial charge in [-0.15, -0.1) is 11.3 Å². The second kappa shape index (κ2) is 6.21. The van der Waals surface area contributed by atoms with Crippen molar-refractivity contribution >= 4 is 21.2 Å². The Balaban J connectivity index is 1.74. The minimum Gasteiger partial charge on any atom is -0.338 e. The van der Waals surface area contributed by atoms with Crippen LogP contribution in [0.5, 0.6) is 0 Å². The Kier molecular flexibility index (Phi) is 4.27. The molecule has 8 heteroatoms. The summed E-state index contributed by atoms with van der Waals surface area (Å²) in [6, 6.07) is 7.97. The first kappa shape index (κ1) is 15.8. The Morgan fingerprint density at radius 2 is 1.83 bits per heavy atom. The Morgan fingerprint density at radius 1 is 1.09 bits per heavy atom. The molecule has 0 aliphatic heterocycles. The summed E-state index contributed by atoms with van der Waals surface area (Å²) in [5, 5.41) is 6.17. The number of sulfone groups is 1. The molecule has 0 amide bonds. The van der Waals surface area contributed by atoms with E-state index in [-0.39, 0.29) is 17.4 Å². The topological polar surface area (TPSA) is 86.0 Å². The van der Waals surface area contributed by atoms with Crippen LogP contribution in [0.4, 0.5) is 0 Å². The molecule has 0 saturated heterocycles. The summed E-state index contributed by atoms with van der Waals surface area (Å²) in [5.41, 5.74) is 2.68. The molecular formula is C15H15N3O3S2. The van der Waals surface area contributed by atoms with Crippen molar-refractivity contribution in [3.8, 4) is 10.6 Å². The van der Waals surface area contributed by atoms with Crippen molar-refractivity contribution in [2.24, 2.45) is 0 Å². The van der Waals surface area contributed by atoms with Crippen LogP contribution in [0.1, 0.15) is 23.0 Å². The molecule has 0 fully saturated rings. The standard InChI is InChI=1S/C15H15N3O3S2/c1-10-3-5-12(6-4-10)15-17-13(7-22-15)8-23(19,20)9-14-16-11(2)18-21-14/h3-7H,8-9H2,1-2H3. The molecule has 6 nitrogen and oxygen atoms in total. The first-order chi connectivity index (χ1) is 10.9. The molecule has 0 atom stereocenters. The Morgan fingerprint density at radius 3 is 2.48 bits per heavy atom. The van der Waals surface area contributed by atoms with Gasteiger partial charge in [0.1, 0.15) is 10.8 Å². The molecule has 0 spiro atoms. The normalized spacial score (nSPS) is 11.7. The summed E-state index contributed by atoms with van der Waals surface area (Å²) in [6.45, 7) is 3.66. The minimum atomic E-state index is -3.40. The average Bonchev–Trinajstić information content (AvgIpc) is 3.08. The molecular weight excluding hydrogens is 334 g/mol. The van der Waals surface area contributed by atoms with Crippen molar-refractivity contribution in [3.63, 3.8) is 0 Å². The third-order valence-corrected chi connectivity index (χ3v) is 5.49. The lowest BCUT2D eigenvalue weighted by Crippen LogP contribution is -2.08. The van der Waals surface area contributed by atoms with Gasteiger partial charge in [0.05, 0.1) is 11.4 Å². The van der Waals surface area contributed by atoms with E-state index in [1.165, 1.54) is 16.9 Å². The third kappa shape index (κ3) is 4.02. The van der Waals surface area contributed by atoms with E-state index >= 15 is 0 Å². The smallest absolute Gasteiger partial charge is 0.241 e. The highest BCUT2D eigenvalue weighted by molar-refractivity contribution is 7.89. The van der Waals surface area contributed by atoms with Crippen LogP contribution in [0.2, 0.25) is 0 Å².